The second-order valence-electron chi connectivity index (χ2n) is 3.51. The van der Waals surface area contributed by atoms with E-state index in [-0.39, 0.29) is 11.4 Å². The predicted molar refractivity (Wildman–Crippen MR) is 57.9 cm³/mol. The molecule has 19 heavy (non-hydrogen) atoms. The number of alkyl halides is 3. The first-order valence-corrected chi connectivity index (χ1v) is 4.99. The molecule has 2 N–H and O–H groups in total. The number of benzene rings is 1. The Morgan fingerprint density at radius 1 is 1.16 bits per heavy atom. The van der Waals surface area contributed by atoms with E-state index in [2.05, 4.69) is 9.97 Å². The molecule has 0 amide bonds. The van der Waals surface area contributed by atoms with E-state index in [1.54, 1.807) is 0 Å². The Hall–Kier alpha value is -2.38. The third kappa shape index (κ3) is 3.09. The van der Waals surface area contributed by atoms with Crippen molar-refractivity contribution >= 4 is 5.69 Å². The molecule has 8 heteroatoms. The van der Waals surface area contributed by atoms with Crippen LogP contribution in [0.25, 0.3) is 0 Å². The van der Waals surface area contributed by atoms with Crippen LogP contribution >= 0.6 is 0 Å². The van der Waals surface area contributed by atoms with Crippen molar-refractivity contribution < 1.29 is 22.3 Å². The van der Waals surface area contributed by atoms with Crippen LogP contribution in [-0.4, -0.2) is 9.97 Å². The van der Waals surface area contributed by atoms with Gasteiger partial charge in [-0.25, -0.2) is 9.37 Å². The van der Waals surface area contributed by atoms with Crippen molar-refractivity contribution in [2.75, 3.05) is 5.73 Å². The Morgan fingerprint density at radius 3 is 2.53 bits per heavy atom. The smallest absolute Gasteiger partial charge is 0.424 e. The highest BCUT2D eigenvalue weighted by Crippen LogP contribution is 2.29. The van der Waals surface area contributed by atoms with Crippen molar-refractivity contribution in [2.24, 2.45) is 0 Å². The van der Waals surface area contributed by atoms with E-state index in [9.17, 15) is 17.6 Å². The van der Waals surface area contributed by atoms with Gasteiger partial charge in [0.05, 0.1) is 5.69 Å². The fourth-order valence-corrected chi connectivity index (χ4v) is 1.22. The molecule has 0 aliphatic rings. The first-order chi connectivity index (χ1) is 8.86. The number of ether oxygens (including phenoxy) is 1. The van der Waals surface area contributed by atoms with E-state index in [4.69, 9.17) is 10.5 Å². The van der Waals surface area contributed by atoms with Gasteiger partial charge in [0.25, 0.3) is 0 Å². The molecule has 0 atom stereocenters. The van der Waals surface area contributed by atoms with E-state index in [1.807, 2.05) is 0 Å². The minimum Gasteiger partial charge on any atom is -0.424 e. The summed E-state index contributed by atoms with van der Waals surface area (Å²) in [5, 5.41) is 0. The molecule has 0 unspecified atom stereocenters. The predicted octanol–water partition coefficient (Wildman–Crippen LogP) is 3.01. The molecule has 0 fully saturated rings. The number of rotatable bonds is 2. The fourth-order valence-electron chi connectivity index (χ4n) is 1.22. The van der Waals surface area contributed by atoms with Crippen LogP contribution in [0.15, 0.2) is 30.5 Å². The van der Waals surface area contributed by atoms with Crippen molar-refractivity contribution in [1.82, 2.24) is 9.97 Å². The standard InChI is InChI=1S/C11H7F4N3O/c12-7-5-6(1-2-8(7)16)19-10-17-4-3-9(18-10)11(13,14)15/h1-5H,16H2. The second kappa shape index (κ2) is 4.71. The van der Waals surface area contributed by atoms with Gasteiger partial charge < -0.3 is 10.5 Å². The Balaban J connectivity index is 2.26. The van der Waals surface area contributed by atoms with Crippen LogP contribution < -0.4 is 10.5 Å². The molecule has 2 rings (SSSR count). The molecule has 0 saturated carbocycles. The zero-order valence-corrected chi connectivity index (χ0v) is 9.28. The van der Waals surface area contributed by atoms with Gasteiger partial charge >= 0.3 is 12.2 Å². The maximum absolute atomic E-state index is 13.1. The van der Waals surface area contributed by atoms with Gasteiger partial charge in [0.2, 0.25) is 0 Å². The monoisotopic (exact) mass is 273 g/mol. The first kappa shape index (κ1) is 13.1. The molecular formula is C11H7F4N3O. The molecule has 0 bridgehead atoms. The molecule has 2 aromatic rings. The molecule has 0 spiro atoms. The highest BCUT2D eigenvalue weighted by Gasteiger charge is 2.33. The minimum atomic E-state index is -4.60. The maximum Gasteiger partial charge on any atom is 0.433 e. The van der Waals surface area contributed by atoms with Gasteiger partial charge in [-0.15, -0.1) is 0 Å². The van der Waals surface area contributed by atoms with Crippen LogP contribution in [-0.2, 0) is 6.18 Å². The van der Waals surface area contributed by atoms with Gasteiger partial charge in [0.15, 0.2) is 5.69 Å². The summed E-state index contributed by atoms with van der Waals surface area (Å²) in [6, 6.07) is 3.62. The maximum atomic E-state index is 13.1. The summed E-state index contributed by atoms with van der Waals surface area (Å²) in [5.41, 5.74) is 4.01. The lowest BCUT2D eigenvalue weighted by atomic mass is 10.3. The summed E-state index contributed by atoms with van der Waals surface area (Å²) < 4.78 is 55.3. The molecule has 0 saturated heterocycles. The molecule has 1 heterocycles. The van der Waals surface area contributed by atoms with Gasteiger partial charge in [0, 0.05) is 12.3 Å². The molecular weight excluding hydrogens is 266 g/mol. The Labute approximate surface area is 104 Å². The van der Waals surface area contributed by atoms with Crippen LogP contribution in [0.2, 0.25) is 0 Å². The van der Waals surface area contributed by atoms with Crippen molar-refractivity contribution in [1.29, 1.82) is 0 Å². The number of nitrogens with two attached hydrogens (primary N) is 1. The van der Waals surface area contributed by atoms with Gasteiger partial charge in [-0.2, -0.15) is 18.2 Å². The van der Waals surface area contributed by atoms with Gasteiger partial charge in [-0.05, 0) is 18.2 Å². The number of aromatic nitrogens is 2. The average molecular weight is 273 g/mol. The molecule has 1 aromatic carbocycles. The molecule has 0 aliphatic heterocycles. The summed E-state index contributed by atoms with van der Waals surface area (Å²) >= 11 is 0. The lowest BCUT2D eigenvalue weighted by Gasteiger charge is -2.08. The van der Waals surface area contributed by atoms with Crippen LogP contribution in [0.1, 0.15) is 5.69 Å². The van der Waals surface area contributed by atoms with E-state index < -0.39 is 23.7 Å². The highest BCUT2D eigenvalue weighted by atomic mass is 19.4. The van der Waals surface area contributed by atoms with Gasteiger partial charge in [-0.3, -0.25) is 0 Å². The normalized spacial score (nSPS) is 11.4. The topological polar surface area (TPSA) is 61.0 Å². The molecule has 100 valence electrons. The second-order valence-corrected chi connectivity index (χ2v) is 3.51. The van der Waals surface area contributed by atoms with Crippen LogP contribution in [0.3, 0.4) is 0 Å². The van der Waals surface area contributed by atoms with Crippen molar-refractivity contribution in [3.63, 3.8) is 0 Å². The van der Waals surface area contributed by atoms with Crippen molar-refractivity contribution in [3.8, 4) is 11.8 Å². The lowest BCUT2D eigenvalue weighted by Crippen LogP contribution is -2.08. The molecule has 0 aliphatic carbocycles. The summed E-state index contributed by atoms with van der Waals surface area (Å²) in [7, 11) is 0. The number of anilines is 1. The van der Waals surface area contributed by atoms with Crippen LogP contribution in [0, 0.1) is 5.82 Å². The molecule has 4 nitrogen and oxygen atoms in total. The summed E-state index contributed by atoms with van der Waals surface area (Å²) in [5.74, 6) is -0.796. The third-order valence-electron chi connectivity index (χ3n) is 2.10. The van der Waals surface area contributed by atoms with E-state index in [1.165, 1.54) is 12.1 Å². The van der Waals surface area contributed by atoms with Crippen LogP contribution in [0.5, 0.6) is 11.8 Å². The van der Waals surface area contributed by atoms with Gasteiger partial charge in [-0.1, -0.05) is 0 Å². The zero-order chi connectivity index (χ0) is 14.0. The third-order valence-corrected chi connectivity index (χ3v) is 2.10. The van der Waals surface area contributed by atoms with Gasteiger partial charge in [0.1, 0.15) is 11.6 Å². The number of hydrogen-bond acceptors (Lipinski definition) is 4. The zero-order valence-electron chi connectivity index (χ0n) is 9.28. The summed E-state index contributed by atoms with van der Waals surface area (Å²) in [6.45, 7) is 0. The molecule has 0 radical (unpaired) electrons. The van der Waals surface area contributed by atoms with Crippen molar-refractivity contribution in [3.05, 3.63) is 42.0 Å². The van der Waals surface area contributed by atoms with Crippen molar-refractivity contribution in [2.45, 2.75) is 6.18 Å². The Bertz CT molecular complexity index is 601. The van der Waals surface area contributed by atoms with E-state index in [0.717, 1.165) is 12.3 Å². The minimum absolute atomic E-state index is 0.0500. The molecule has 1 aromatic heterocycles. The number of hydrogen-bond donors (Lipinski definition) is 1. The van der Waals surface area contributed by atoms with E-state index >= 15 is 0 Å². The SMILES string of the molecule is Nc1ccc(Oc2nccc(C(F)(F)F)n2)cc1F. The largest absolute Gasteiger partial charge is 0.433 e. The first-order valence-electron chi connectivity index (χ1n) is 4.99. The fraction of sp³-hybridized carbons (Fsp3) is 0.0909. The highest BCUT2D eigenvalue weighted by molar-refractivity contribution is 5.44. The number of nitrogen functional groups attached to an aromatic ring is 1. The summed E-state index contributed by atoms with van der Waals surface area (Å²) in [4.78, 5) is 6.69. The Morgan fingerprint density at radius 2 is 1.89 bits per heavy atom. The lowest BCUT2D eigenvalue weighted by molar-refractivity contribution is -0.141. The Kier molecular flexibility index (Phi) is 3.24. The van der Waals surface area contributed by atoms with Crippen LogP contribution in [0.4, 0.5) is 23.2 Å². The summed E-state index contributed by atoms with van der Waals surface area (Å²) in [6.07, 6.45) is -3.70. The number of halogens is 4. The quantitative estimate of drug-likeness (QED) is 0.675. The average Bonchev–Trinajstić information content (AvgIpc) is 2.33. The number of nitrogens with zero attached hydrogens (tertiary/aromatic N) is 2. The van der Waals surface area contributed by atoms with E-state index in [0.29, 0.717) is 6.07 Å².